The zero-order valence-electron chi connectivity index (χ0n) is 14.9. The number of hydrogen-bond acceptors (Lipinski definition) is 8. The molecule has 0 spiro atoms. The van der Waals surface area contributed by atoms with E-state index in [1.54, 1.807) is 37.4 Å². The van der Waals surface area contributed by atoms with E-state index in [9.17, 15) is 13.2 Å². The Morgan fingerprint density at radius 3 is 2.38 bits per heavy atom. The maximum absolute atomic E-state index is 12.0. The van der Waals surface area contributed by atoms with Gasteiger partial charge in [0.1, 0.15) is 5.82 Å². The van der Waals surface area contributed by atoms with Crippen LogP contribution in [-0.4, -0.2) is 47.1 Å². The number of pyridine rings is 1. The third-order valence-corrected chi connectivity index (χ3v) is 4.87. The molecule has 9 nitrogen and oxygen atoms in total. The lowest BCUT2D eigenvalue weighted by Crippen LogP contribution is -2.36. The van der Waals surface area contributed by atoms with Gasteiger partial charge in [-0.25, -0.2) is 13.4 Å². The van der Waals surface area contributed by atoms with Crippen molar-refractivity contribution in [2.24, 2.45) is 0 Å². The molecule has 1 aromatic heterocycles. The van der Waals surface area contributed by atoms with Crippen LogP contribution in [0.5, 0.6) is 0 Å². The molecule has 0 aliphatic rings. The second kappa shape index (κ2) is 8.13. The first-order valence-electron chi connectivity index (χ1n) is 7.58. The Balaban J connectivity index is 2.68. The van der Waals surface area contributed by atoms with E-state index in [1.807, 2.05) is 0 Å². The highest BCUT2D eigenvalue weighted by Gasteiger charge is 2.22. The molecular weight excluding hydrogens is 358 g/mol. The van der Waals surface area contributed by atoms with Gasteiger partial charge in [-0.3, -0.25) is 18.9 Å². The van der Waals surface area contributed by atoms with Crippen LogP contribution in [0.2, 0.25) is 0 Å². The summed E-state index contributed by atoms with van der Waals surface area (Å²) in [5.41, 5.74) is 4.30. The average Bonchev–Trinajstić information content (AvgIpc) is 2.64. The predicted molar refractivity (Wildman–Crippen MR) is 101 cm³/mol. The van der Waals surface area contributed by atoms with Crippen molar-refractivity contribution < 1.29 is 18.0 Å². The highest BCUT2D eigenvalue weighted by Crippen LogP contribution is 2.35. The maximum atomic E-state index is 12.0. The van der Waals surface area contributed by atoms with Crippen molar-refractivity contribution in [2.45, 2.75) is 0 Å². The maximum Gasteiger partial charge on any atom is 0.232 e. The quantitative estimate of drug-likeness (QED) is 0.526. The van der Waals surface area contributed by atoms with E-state index in [0.29, 0.717) is 34.7 Å². The van der Waals surface area contributed by atoms with Gasteiger partial charge in [-0.05, 0) is 12.1 Å². The fourth-order valence-corrected chi connectivity index (χ4v) is 2.81. The highest BCUT2D eigenvalue weighted by atomic mass is 32.2. The van der Waals surface area contributed by atoms with Crippen LogP contribution in [0.3, 0.4) is 0 Å². The molecule has 0 atom stereocenters. The third kappa shape index (κ3) is 4.10. The van der Waals surface area contributed by atoms with Crippen molar-refractivity contribution in [1.82, 2.24) is 10.6 Å². The number of nitrogens with zero attached hydrogens (tertiary/aromatic N) is 3. The molecule has 0 saturated heterocycles. The zero-order valence-corrected chi connectivity index (χ0v) is 15.7. The number of hydrogen-bond donors (Lipinski definition) is 2. The molecule has 1 heterocycles. The fourth-order valence-electron chi connectivity index (χ4n) is 2.29. The summed E-state index contributed by atoms with van der Waals surface area (Å²) in [6, 6.07) is 8.48. The van der Waals surface area contributed by atoms with Crippen molar-refractivity contribution >= 4 is 39.2 Å². The summed E-state index contributed by atoms with van der Waals surface area (Å²) in [5.74, 6) is 0.530. The molecule has 2 aromatic rings. The topological polar surface area (TPSA) is 104 Å². The van der Waals surface area contributed by atoms with Crippen LogP contribution in [0.15, 0.2) is 36.5 Å². The first-order valence-corrected chi connectivity index (χ1v) is 9.43. The lowest BCUT2D eigenvalue weighted by molar-refractivity contribution is 0.0919. The molecule has 0 amide bonds. The number of sulfonamides is 1. The molecule has 0 aliphatic heterocycles. The van der Waals surface area contributed by atoms with Gasteiger partial charge in [0.05, 0.1) is 36.0 Å². The number of para-hydroxylation sites is 2. The van der Waals surface area contributed by atoms with Gasteiger partial charge in [0.25, 0.3) is 0 Å². The van der Waals surface area contributed by atoms with Gasteiger partial charge in [0.2, 0.25) is 10.0 Å². The zero-order chi connectivity index (χ0) is 19.3. The first kappa shape index (κ1) is 19.6. The molecule has 0 bridgehead atoms. The van der Waals surface area contributed by atoms with Crippen molar-refractivity contribution in [3.63, 3.8) is 0 Å². The first-order chi connectivity index (χ1) is 12.3. The minimum atomic E-state index is -3.49. The highest BCUT2D eigenvalue weighted by molar-refractivity contribution is 7.92. The van der Waals surface area contributed by atoms with Gasteiger partial charge in [0.15, 0.2) is 6.29 Å². The molecule has 140 valence electrons. The number of carbonyl (C=O) groups excluding carboxylic acids is 1. The second-order valence-electron chi connectivity index (χ2n) is 5.35. The number of rotatable bonds is 8. The van der Waals surface area contributed by atoms with Gasteiger partial charge in [-0.15, -0.1) is 5.59 Å². The number of anilines is 4. The van der Waals surface area contributed by atoms with Crippen LogP contribution < -0.4 is 20.2 Å². The largest absolute Gasteiger partial charge is 0.373 e. The second-order valence-corrected chi connectivity index (χ2v) is 7.36. The molecular formula is C16H21N5O4S. The molecule has 26 heavy (non-hydrogen) atoms. The van der Waals surface area contributed by atoms with Gasteiger partial charge in [0, 0.05) is 26.4 Å². The number of carbonyl (C=O) groups is 1. The number of benzene rings is 1. The van der Waals surface area contributed by atoms with E-state index >= 15 is 0 Å². The lowest BCUT2D eigenvalue weighted by Gasteiger charge is -2.29. The minimum absolute atomic E-state index is 0.297. The number of aldehydes is 1. The number of aromatic nitrogens is 1. The molecule has 0 fully saturated rings. The smallest absolute Gasteiger partial charge is 0.232 e. The summed E-state index contributed by atoms with van der Waals surface area (Å²) in [4.78, 5) is 20.7. The Hall–Kier alpha value is -2.69. The van der Waals surface area contributed by atoms with E-state index < -0.39 is 10.0 Å². The monoisotopic (exact) mass is 379 g/mol. The van der Waals surface area contributed by atoms with Crippen molar-refractivity contribution in [1.29, 1.82) is 0 Å². The van der Waals surface area contributed by atoms with Gasteiger partial charge < -0.3 is 5.32 Å². The summed E-state index contributed by atoms with van der Waals surface area (Å²) in [7, 11) is 1.07. The van der Waals surface area contributed by atoms with Crippen LogP contribution in [0.4, 0.5) is 22.9 Å². The normalized spacial score (nSPS) is 11.1. The van der Waals surface area contributed by atoms with Gasteiger partial charge in [-0.1, -0.05) is 12.1 Å². The molecule has 0 aliphatic carbocycles. The molecule has 0 radical (unpaired) electrons. The summed E-state index contributed by atoms with van der Waals surface area (Å²) in [6.45, 7) is 0. The average molecular weight is 379 g/mol. The van der Waals surface area contributed by atoms with Crippen LogP contribution in [0, 0.1) is 0 Å². The van der Waals surface area contributed by atoms with Crippen molar-refractivity contribution in [2.75, 3.05) is 42.1 Å². The Bertz CT molecular complexity index is 888. The SMILES string of the molecule is CNc1cc(N(NOC)c2ccccc2N(C)S(C)(=O)=O)c(C=O)cn1. The number of nitrogens with one attached hydrogen (secondary N) is 2. The molecule has 0 unspecified atom stereocenters. The van der Waals surface area contributed by atoms with E-state index in [1.165, 1.54) is 25.4 Å². The predicted octanol–water partition coefficient (Wildman–Crippen LogP) is 1.54. The molecule has 1 aromatic carbocycles. The van der Waals surface area contributed by atoms with Crippen LogP contribution >= 0.6 is 0 Å². The Morgan fingerprint density at radius 2 is 1.85 bits per heavy atom. The van der Waals surface area contributed by atoms with E-state index in [-0.39, 0.29) is 0 Å². The molecule has 2 N–H and O–H groups in total. The van der Waals surface area contributed by atoms with Gasteiger partial charge in [-0.2, -0.15) is 0 Å². The molecule has 0 saturated carbocycles. The summed E-state index contributed by atoms with van der Waals surface area (Å²) in [6.07, 6.45) is 3.19. The van der Waals surface area contributed by atoms with E-state index in [4.69, 9.17) is 4.84 Å². The Morgan fingerprint density at radius 1 is 1.19 bits per heavy atom. The fraction of sp³-hybridized carbons (Fsp3) is 0.250. The standard InChI is InChI=1S/C16H21N5O4S/c1-17-16-9-15(12(11-22)10-18-16)21(19-25-3)14-8-6-5-7-13(14)20(2)26(4,23)24/h5-11,19H,1-4H3,(H,17,18). The Kier molecular flexibility index (Phi) is 6.14. The molecule has 10 heteroatoms. The van der Waals surface area contributed by atoms with E-state index in [2.05, 4.69) is 15.9 Å². The minimum Gasteiger partial charge on any atom is -0.373 e. The third-order valence-electron chi connectivity index (χ3n) is 3.68. The summed E-state index contributed by atoms with van der Waals surface area (Å²) >= 11 is 0. The summed E-state index contributed by atoms with van der Waals surface area (Å²) in [5, 5.41) is 4.38. The Labute approximate surface area is 152 Å². The van der Waals surface area contributed by atoms with Crippen molar-refractivity contribution in [3.05, 3.63) is 42.1 Å². The van der Waals surface area contributed by atoms with Crippen LogP contribution in [0.1, 0.15) is 10.4 Å². The number of hydrazine groups is 1. The van der Waals surface area contributed by atoms with E-state index in [0.717, 1.165) is 10.6 Å². The van der Waals surface area contributed by atoms with Crippen LogP contribution in [-0.2, 0) is 14.9 Å². The summed E-state index contributed by atoms with van der Waals surface area (Å²) < 4.78 is 25.2. The lowest BCUT2D eigenvalue weighted by atomic mass is 10.2. The molecule has 2 rings (SSSR count). The van der Waals surface area contributed by atoms with Crippen LogP contribution in [0.25, 0.3) is 0 Å². The van der Waals surface area contributed by atoms with Crippen molar-refractivity contribution in [3.8, 4) is 0 Å². The van der Waals surface area contributed by atoms with Gasteiger partial charge >= 0.3 is 0 Å².